The summed E-state index contributed by atoms with van der Waals surface area (Å²) in [4.78, 5) is 40.1. The number of amides is 1. The van der Waals surface area contributed by atoms with E-state index in [-0.39, 0.29) is 11.1 Å². The van der Waals surface area contributed by atoms with E-state index in [1.54, 1.807) is 63.4 Å². The van der Waals surface area contributed by atoms with Crippen molar-refractivity contribution in [1.82, 2.24) is 14.6 Å². The highest BCUT2D eigenvalue weighted by Crippen LogP contribution is 2.38. The number of rotatable bonds is 7. The fourth-order valence-electron chi connectivity index (χ4n) is 3.89. The summed E-state index contributed by atoms with van der Waals surface area (Å²) in [6, 6.07) is 19.3. The van der Waals surface area contributed by atoms with Crippen molar-refractivity contribution in [3.05, 3.63) is 98.8 Å². The Labute approximate surface area is 213 Å². The fourth-order valence-corrected chi connectivity index (χ4v) is 5.06. The van der Waals surface area contributed by atoms with Gasteiger partial charge in [0.15, 0.2) is 0 Å². The van der Waals surface area contributed by atoms with Gasteiger partial charge in [-0.05, 0) is 55.7 Å². The van der Waals surface area contributed by atoms with Crippen LogP contribution in [0.5, 0.6) is 0 Å². The third kappa shape index (κ3) is 5.74. The molecule has 186 valence electrons. The van der Waals surface area contributed by atoms with Gasteiger partial charge >= 0.3 is 7.75 Å². The number of nitrogens with one attached hydrogen (secondary N) is 1. The van der Waals surface area contributed by atoms with E-state index in [9.17, 15) is 19.0 Å². The molecule has 10 heteroatoms. The van der Waals surface area contributed by atoms with Gasteiger partial charge in [-0.25, -0.2) is 9.55 Å². The first-order chi connectivity index (χ1) is 17.0. The van der Waals surface area contributed by atoms with Crippen LogP contribution in [0.15, 0.2) is 71.5 Å². The molecule has 4 rings (SSSR count). The van der Waals surface area contributed by atoms with Crippen LogP contribution in [0.4, 0.5) is 0 Å². The number of carbonyl (C=O) groups excluding carboxylic acids is 1. The number of hydrogen-bond acceptors (Lipinski definition) is 5. The molecule has 0 aliphatic carbocycles. The predicted molar refractivity (Wildman–Crippen MR) is 140 cm³/mol. The van der Waals surface area contributed by atoms with Gasteiger partial charge in [-0.3, -0.25) is 23.8 Å². The Morgan fingerprint density at radius 2 is 1.83 bits per heavy atom. The summed E-state index contributed by atoms with van der Waals surface area (Å²) in [5, 5.41) is 3.08. The SMILES string of the molecule is CC(C)OP(=O)(O)NC(=O)c1ccccc1Cc1ccc(-c2nc3cc(Cl)ccc3c(=O)n2C)cc1. The maximum absolute atomic E-state index is 12.8. The monoisotopic (exact) mass is 525 g/mol. The molecule has 1 aromatic heterocycles. The van der Waals surface area contributed by atoms with E-state index in [1.807, 2.05) is 24.3 Å². The van der Waals surface area contributed by atoms with Gasteiger partial charge in [0, 0.05) is 23.2 Å². The van der Waals surface area contributed by atoms with Crippen LogP contribution in [0.1, 0.15) is 35.3 Å². The average molecular weight is 526 g/mol. The Bertz CT molecular complexity index is 1550. The molecule has 1 heterocycles. The summed E-state index contributed by atoms with van der Waals surface area (Å²) in [5.41, 5.74) is 2.96. The first-order valence-electron chi connectivity index (χ1n) is 11.2. The van der Waals surface area contributed by atoms with E-state index in [1.165, 1.54) is 4.57 Å². The van der Waals surface area contributed by atoms with E-state index in [4.69, 9.17) is 16.1 Å². The molecule has 0 aliphatic heterocycles. The van der Waals surface area contributed by atoms with Crippen molar-refractivity contribution < 1.29 is 18.8 Å². The van der Waals surface area contributed by atoms with Gasteiger partial charge in [0.05, 0.1) is 17.0 Å². The number of halogens is 1. The molecular formula is C26H25ClN3O5P. The zero-order valence-electron chi connectivity index (χ0n) is 19.9. The first kappa shape index (κ1) is 25.8. The molecule has 2 N–H and O–H groups in total. The van der Waals surface area contributed by atoms with E-state index in [0.29, 0.717) is 33.7 Å². The minimum Gasteiger partial charge on any atom is -0.308 e. The van der Waals surface area contributed by atoms with Crippen LogP contribution in [-0.2, 0) is 22.6 Å². The molecule has 0 aliphatic rings. The third-order valence-electron chi connectivity index (χ3n) is 5.50. The second-order valence-corrected chi connectivity index (χ2v) is 10.5. The molecule has 4 aromatic rings. The summed E-state index contributed by atoms with van der Waals surface area (Å²) < 4.78 is 18.6. The minimum atomic E-state index is -4.29. The Hall–Kier alpha value is -3.29. The van der Waals surface area contributed by atoms with E-state index >= 15 is 0 Å². The van der Waals surface area contributed by atoms with Gasteiger partial charge in [0.1, 0.15) is 5.82 Å². The zero-order valence-corrected chi connectivity index (χ0v) is 21.6. The fraction of sp³-hybridized carbons (Fsp3) is 0.192. The van der Waals surface area contributed by atoms with Crippen LogP contribution >= 0.6 is 19.3 Å². The van der Waals surface area contributed by atoms with Crippen molar-refractivity contribution in [3.63, 3.8) is 0 Å². The van der Waals surface area contributed by atoms with Crippen LogP contribution in [-0.4, -0.2) is 26.5 Å². The lowest BCUT2D eigenvalue weighted by molar-refractivity contribution is 0.0960. The molecule has 0 radical (unpaired) electrons. The smallest absolute Gasteiger partial charge is 0.308 e. The molecule has 0 bridgehead atoms. The number of hydrogen-bond donors (Lipinski definition) is 2. The van der Waals surface area contributed by atoms with Crippen molar-refractivity contribution in [2.45, 2.75) is 26.4 Å². The Morgan fingerprint density at radius 1 is 1.14 bits per heavy atom. The topological polar surface area (TPSA) is 111 Å². The van der Waals surface area contributed by atoms with Crippen molar-refractivity contribution in [2.24, 2.45) is 7.05 Å². The highest BCUT2D eigenvalue weighted by atomic mass is 35.5. The van der Waals surface area contributed by atoms with Crippen molar-refractivity contribution >= 4 is 36.2 Å². The lowest BCUT2D eigenvalue weighted by Crippen LogP contribution is -2.24. The predicted octanol–water partition coefficient (Wildman–Crippen LogP) is 5.10. The van der Waals surface area contributed by atoms with Crippen LogP contribution in [0.25, 0.3) is 22.3 Å². The minimum absolute atomic E-state index is 0.168. The van der Waals surface area contributed by atoms with Gasteiger partial charge in [0.2, 0.25) is 0 Å². The van der Waals surface area contributed by atoms with Gasteiger partial charge in [-0.1, -0.05) is 54.1 Å². The standard InChI is InChI=1S/C26H25ClN3O5P/c1-16(2)35-36(33,34)29-25(31)21-7-5-4-6-19(21)14-17-8-10-18(11-9-17)24-28-23-15-20(27)12-13-22(23)26(32)30(24)3/h4-13,15-16H,14H2,1-3H3,(H2,29,31,33,34). The Morgan fingerprint density at radius 3 is 2.53 bits per heavy atom. The summed E-state index contributed by atoms with van der Waals surface area (Å²) in [7, 11) is -2.61. The molecule has 1 amide bonds. The summed E-state index contributed by atoms with van der Waals surface area (Å²) in [6.45, 7) is 3.21. The normalized spacial score (nSPS) is 13.1. The molecule has 0 spiro atoms. The average Bonchev–Trinajstić information content (AvgIpc) is 2.81. The number of benzene rings is 3. The number of aromatic nitrogens is 2. The molecule has 3 aromatic carbocycles. The number of fused-ring (bicyclic) bond motifs is 1. The quantitative estimate of drug-likeness (QED) is 0.325. The van der Waals surface area contributed by atoms with Crippen molar-refractivity contribution in [1.29, 1.82) is 0 Å². The van der Waals surface area contributed by atoms with Crippen LogP contribution < -0.4 is 10.6 Å². The summed E-state index contributed by atoms with van der Waals surface area (Å²) in [6.07, 6.45) is -0.117. The van der Waals surface area contributed by atoms with Gasteiger partial charge in [0.25, 0.3) is 11.5 Å². The number of carbonyl (C=O) groups is 1. The van der Waals surface area contributed by atoms with E-state index < -0.39 is 19.8 Å². The highest BCUT2D eigenvalue weighted by molar-refractivity contribution is 7.51. The van der Waals surface area contributed by atoms with Crippen LogP contribution in [0, 0.1) is 0 Å². The van der Waals surface area contributed by atoms with Gasteiger partial charge in [-0.2, -0.15) is 0 Å². The Kier molecular flexibility index (Phi) is 7.43. The first-order valence-corrected chi connectivity index (χ1v) is 13.2. The van der Waals surface area contributed by atoms with Crippen LogP contribution in [0.3, 0.4) is 0 Å². The van der Waals surface area contributed by atoms with Crippen LogP contribution in [0.2, 0.25) is 5.02 Å². The summed E-state index contributed by atoms with van der Waals surface area (Å²) >= 11 is 6.09. The largest absolute Gasteiger partial charge is 0.432 e. The van der Waals surface area contributed by atoms with E-state index in [2.05, 4.69) is 10.1 Å². The van der Waals surface area contributed by atoms with Gasteiger partial charge < -0.3 is 4.89 Å². The maximum atomic E-state index is 12.8. The second-order valence-electron chi connectivity index (χ2n) is 8.61. The lowest BCUT2D eigenvalue weighted by Gasteiger charge is -2.17. The molecule has 0 fully saturated rings. The van der Waals surface area contributed by atoms with E-state index in [0.717, 1.165) is 11.1 Å². The molecule has 0 saturated heterocycles. The second kappa shape index (κ2) is 10.4. The molecule has 0 saturated carbocycles. The molecule has 1 unspecified atom stereocenters. The molecular weight excluding hydrogens is 501 g/mol. The van der Waals surface area contributed by atoms with Gasteiger partial charge in [-0.15, -0.1) is 0 Å². The highest BCUT2D eigenvalue weighted by Gasteiger charge is 2.26. The number of nitrogens with zero attached hydrogens (tertiary/aromatic N) is 2. The molecule has 1 atom stereocenters. The zero-order chi connectivity index (χ0) is 26.0. The van der Waals surface area contributed by atoms with Crippen molar-refractivity contribution in [3.8, 4) is 11.4 Å². The summed E-state index contributed by atoms with van der Waals surface area (Å²) in [5.74, 6) is -0.187. The molecule has 36 heavy (non-hydrogen) atoms. The third-order valence-corrected chi connectivity index (χ3v) is 6.93. The molecule has 8 nitrogen and oxygen atoms in total. The maximum Gasteiger partial charge on any atom is 0.432 e. The Balaban J connectivity index is 1.60. The van der Waals surface area contributed by atoms with Crippen molar-refractivity contribution in [2.75, 3.05) is 0 Å². The lowest BCUT2D eigenvalue weighted by atomic mass is 9.98.